The van der Waals surface area contributed by atoms with E-state index in [9.17, 15) is 9.59 Å². The SMILES string of the molecule is CCc1ccc2c(c1)[C@@H](NCC(=O)[C@H](Cc1ccccc1)NC(=O)C1CCCN(C3CCCC3)C1)CC1(CCCC1)O2. The Hall–Kier alpha value is -2.70. The average Bonchev–Trinajstić information content (AvgIpc) is 3.73. The van der Waals surface area contributed by atoms with E-state index in [0.717, 1.165) is 68.5 Å². The Bertz CT molecular complexity index is 1220. The molecule has 3 atom stereocenters. The van der Waals surface area contributed by atoms with E-state index < -0.39 is 6.04 Å². The number of carbonyl (C=O) groups excluding carboxylic acids is 2. The highest BCUT2D eigenvalue weighted by Gasteiger charge is 2.43. The third-order valence-corrected chi connectivity index (χ3v) is 10.5. The summed E-state index contributed by atoms with van der Waals surface area (Å²) in [7, 11) is 0. The zero-order chi connectivity index (χ0) is 28.9. The first-order valence-electron chi connectivity index (χ1n) is 16.7. The molecule has 42 heavy (non-hydrogen) atoms. The first-order chi connectivity index (χ1) is 20.5. The van der Waals surface area contributed by atoms with Gasteiger partial charge in [0.15, 0.2) is 5.78 Å². The second kappa shape index (κ2) is 13.3. The van der Waals surface area contributed by atoms with Gasteiger partial charge in [0.25, 0.3) is 0 Å². The summed E-state index contributed by atoms with van der Waals surface area (Å²) in [6, 6.07) is 16.8. The number of nitrogens with one attached hydrogen (secondary N) is 2. The highest BCUT2D eigenvalue weighted by molar-refractivity contribution is 5.91. The van der Waals surface area contributed by atoms with Crippen molar-refractivity contribution in [3.63, 3.8) is 0 Å². The summed E-state index contributed by atoms with van der Waals surface area (Å²) in [6.45, 7) is 4.32. The Morgan fingerprint density at radius 2 is 1.76 bits per heavy atom. The summed E-state index contributed by atoms with van der Waals surface area (Å²) in [4.78, 5) is 30.1. The number of piperidine rings is 1. The molecular weight excluding hydrogens is 522 g/mol. The summed E-state index contributed by atoms with van der Waals surface area (Å²) >= 11 is 0. The summed E-state index contributed by atoms with van der Waals surface area (Å²) in [6.07, 6.45) is 14.0. The third kappa shape index (κ3) is 6.75. The van der Waals surface area contributed by atoms with E-state index in [0.29, 0.717) is 12.5 Å². The van der Waals surface area contributed by atoms with Crippen LogP contribution in [0.2, 0.25) is 0 Å². The Morgan fingerprint density at radius 3 is 2.52 bits per heavy atom. The number of aryl methyl sites for hydroxylation is 1. The lowest BCUT2D eigenvalue weighted by Gasteiger charge is -2.40. The van der Waals surface area contributed by atoms with E-state index in [4.69, 9.17) is 4.74 Å². The molecule has 1 saturated heterocycles. The van der Waals surface area contributed by atoms with E-state index in [1.165, 1.54) is 44.1 Å². The Labute approximate surface area is 252 Å². The van der Waals surface area contributed by atoms with Crippen molar-refractivity contribution in [2.24, 2.45) is 5.92 Å². The molecule has 2 aliphatic carbocycles. The maximum atomic E-state index is 13.9. The molecule has 2 N–H and O–H groups in total. The summed E-state index contributed by atoms with van der Waals surface area (Å²) in [5, 5.41) is 6.89. The highest BCUT2D eigenvalue weighted by Crippen LogP contribution is 2.47. The molecule has 0 aromatic heterocycles. The molecule has 1 unspecified atom stereocenters. The van der Waals surface area contributed by atoms with Gasteiger partial charge in [-0.15, -0.1) is 0 Å². The second-order valence-corrected chi connectivity index (χ2v) is 13.3. The van der Waals surface area contributed by atoms with Crippen molar-refractivity contribution in [2.75, 3.05) is 19.6 Å². The normalized spacial score (nSPS) is 24.7. The second-order valence-electron chi connectivity index (χ2n) is 13.3. The minimum absolute atomic E-state index is 0.0425. The van der Waals surface area contributed by atoms with Crippen molar-refractivity contribution in [1.82, 2.24) is 15.5 Å². The highest BCUT2D eigenvalue weighted by atomic mass is 16.5. The van der Waals surface area contributed by atoms with Crippen molar-refractivity contribution >= 4 is 11.7 Å². The van der Waals surface area contributed by atoms with Crippen LogP contribution in [0.1, 0.15) is 100 Å². The molecular formula is C36H49N3O3. The van der Waals surface area contributed by atoms with Gasteiger partial charge in [-0.05, 0) is 87.9 Å². The van der Waals surface area contributed by atoms with Crippen LogP contribution in [0.4, 0.5) is 0 Å². The fourth-order valence-electron chi connectivity index (χ4n) is 8.00. The number of likely N-dealkylation sites (tertiary alicyclic amines) is 1. The zero-order valence-corrected chi connectivity index (χ0v) is 25.4. The molecule has 0 radical (unpaired) electrons. The minimum Gasteiger partial charge on any atom is -0.487 e. The maximum Gasteiger partial charge on any atom is 0.224 e. The number of amides is 1. The van der Waals surface area contributed by atoms with Gasteiger partial charge in [-0.25, -0.2) is 0 Å². The topological polar surface area (TPSA) is 70.7 Å². The fourth-order valence-corrected chi connectivity index (χ4v) is 8.00. The first kappa shape index (κ1) is 29.4. The third-order valence-electron chi connectivity index (χ3n) is 10.5. The van der Waals surface area contributed by atoms with Crippen molar-refractivity contribution in [3.8, 4) is 5.75 Å². The van der Waals surface area contributed by atoms with Gasteiger partial charge in [0, 0.05) is 30.6 Å². The van der Waals surface area contributed by atoms with Crippen molar-refractivity contribution < 1.29 is 14.3 Å². The van der Waals surface area contributed by atoms with Crippen LogP contribution in [0.3, 0.4) is 0 Å². The quantitative estimate of drug-likeness (QED) is 0.370. The molecule has 2 aromatic carbocycles. The largest absolute Gasteiger partial charge is 0.487 e. The van der Waals surface area contributed by atoms with Crippen LogP contribution < -0.4 is 15.4 Å². The molecule has 6 heteroatoms. The van der Waals surface area contributed by atoms with E-state index in [1.807, 2.05) is 30.3 Å². The van der Waals surface area contributed by atoms with Gasteiger partial charge in [0.2, 0.25) is 5.91 Å². The van der Waals surface area contributed by atoms with Crippen LogP contribution in [0.5, 0.6) is 5.75 Å². The zero-order valence-electron chi connectivity index (χ0n) is 25.4. The number of fused-ring (bicyclic) bond motifs is 1. The number of hydrogen-bond donors (Lipinski definition) is 2. The molecule has 2 aromatic rings. The van der Waals surface area contributed by atoms with Gasteiger partial charge in [0.1, 0.15) is 11.4 Å². The summed E-state index contributed by atoms with van der Waals surface area (Å²) in [5.74, 6) is 1.01. The van der Waals surface area contributed by atoms with Crippen LogP contribution >= 0.6 is 0 Å². The van der Waals surface area contributed by atoms with Crippen molar-refractivity contribution in [1.29, 1.82) is 0 Å². The molecule has 2 saturated carbocycles. The smallest absolute Gasteiger partial charge is 0.224 e. The molecule has 2 aliphatic heterocycles. The number of Topliss-reactive ketones (excluding diaryl/α,β-unsaturated/α-hetero) is 1. The molecule has 1 spiro atoms. The summed E-state index contributed by atoms with van der Waals surface area (Å²) in [5.41, 5.74) is 3.38. The minimum atomic E-state index is -0.545. The molecule has 4 aliphatic rings. The van der Waals surface area contributed by atoms with Crippen molar-refractivity contribution in [3.05, 3.63) is 65.2 Å². The van der Waals surface area contributed by atoms with Gasteiger partial charge >= 0.3 is 0 Å². The average molecular weight is 572 g/mol. The number of ketones is 1. The molecule has 3 fully saturated rings. The predicted octanol–water partition coefficient (Wildman–Crippen LogP) is 5.93. The van der Waals surface area contributed by atoms with Crippen LogP contribution in [0, 0.1) is 5.92 Å². The van der Waals surface area contributed by atoms with Crippen LogP contribution in [0.15, 0.2) is 48.5 Å². The lowest BCUT2D eigenvalue weighted by molar-refractivity contribution is -0.131. The summed E-state index contributed by atoms with van der Waals surface area (Å²) < 4.78 is 6.62. The monoisotopic (exact) mass is 571 g/mol. The van der Waals surface area contributed by atoms with Crippen LogP contribution in [0.25, 0.3) is 0 Å². The van der Waals surface area contributed by atoms with Crippen LogP contribution in [-0.4, -0.2) is 53.9 Å². The van der Waals surface area contributed by atoms with E-state index in [-0.39, 0.29) is 35.8 Å². The molecule has 2 heterocycles. The van der Waals surface area contributed by atoms with Gasteiger partial charge in [-0.2, -0.15) is 0 Å². The van der Waals surface area contributed by atoms with Gasteiger partial charge < -0.3 is 15.4 Å². The van der Waals surface area contributed by atoms with E-state index in [2.05, 4.69) is 40.7 Å². The fraction of sp³-hybridized carbons (Fsp3) is 0.611. The molecule has 226 valence electrons. The number of nitrogens with zero attached hydrogens (tertiary/aromatic N) is 1. The molecule has 1 amide bonds. The van der Waals surface area contributed by atoms with Gasteiger partial charge in [-0.3, -0.25) is 14.5 Å². The first-order valence-corrected chi connectivity index (χ1v) is 16.7. The number of carbonyl (C=O) groups is 2. The van der Waals surface area contributed by atoms with Gasteiger partial charge in [-0.1, -0.05) is 62.2 Å². The predicted molar refractivity (Wildman–Crippen MR) is 167 cm³/mol. The van der Waals surface area contributed by atoms with E-state index in [1.54, 1.807) is 0 Å². The lowest BCUT2D eigenvalue weighted by atomic mass is 9.85. The number of benzene rings is 2. The molecule has 6 rings (SSSR count). The Morgan fingerprint density at radius 1 is 0.976 bits per heavy atom. The van der Waals surface area contributed by atoms with Crippen molar-refractivity contribution in [2.45, 2.75) is 114 Å². The standard InChI is InChI=1S/C36H49N3O3/c1-2-26-16-17-34-30(21-26)32(23-36(42-34)18-8-9-19-36)37-24-33(40)31(22-27-11-4-3-5-12-27)38-35(41)28-13-10-20-39(25-28)29-14-6-7-15-29/h3-5,11-12,16-17,21,28-29,31-32,37H,2,6-10,13-15,18-20,22-25H2,1H3,(H,38,41)/t28?,31-,32-/m0/s1. The molecule has 0 bridgehead atoms. The number of ether oxygens (including phenoxy) is 1. The maximum absolute atomic E-state index is 13.9. The Kier molecular flexibility index (Phi) is 9.30. The number of rotatable bonds is 10. The Balaban J connectivity index is 1.15. The van der Waals surface area contributed by atoms with E-state index >= 15 is 0 Å². The lowest BCUT2D eigenvalue weighted by Crippen LogP contribution is -2.52. The van der Waals surface area contributed by atoms with Gasteiger partial charge in [0.05, 0.1) is 18.5 Å². The van der Waals surface area contributed by atoms with Crippen LogP contribution in [-0.2, 0) is 22.4 Å². The number of hydrogen-bond acceptors (Lipinski definition) is 5. The molecule has 6 nitrogen and oxygen atoms in total.